The Morgan fingerprint density at radius 2 is 1.88 bits per heavy atom. The van der Waals surface area contributed by atoms with Gasteiger partial charge in [-0.15, -0.1) is 0 Å². The molecular weight excluding hydrogens is 326 g/mol. The molecule has 0 unspecified atom stereocenters. The van der Waals surface area contributed by atoms with Crippen LogP contribution < -0.4 is 5.32 Å². The zero-order valence-electron chi connectivity index (χ0n) is 13.3. The first kappa shape index (κ1) is 16.7. The number of nitrogens with zero attached hydrogens (tertiary/aromatic N) is 2. The maximum Gasteiger partial charge on any atom is 0.292 e. The highest BCUT2D eigenvalue weighted by Gasteiger charge is 2.22. The van der Waals surface area contributed by atoms with E-state index in [-0.39, 0.29) is 16.7 Å². The molecule has 5 nitrogen and oxygen atoms in total. The molecule has 1 aliphatic heterocycles. The number of nitrogens with one attached hydrogen (secondary N) is 1. The van der Waals surface area contributed by atoms with E-state index in [1.165, 1.54) is 11.6 Å². The summed E-state index contributed by atoms with van der Waals surface area (Å²) in [6.45, 7) is 2.90. The fourth-order valence-electron chi connectivity index (χ4n) is 3.08. The second-order valence-electron chi connectivity index (χ2n) is 6.10. The highest BCUT2D eigenvalue weighted by molar-refractivity contribution is 6.31. The van der Waals surface area contributed by atoms with Crippen molar-refractivity contribution in [2.24, 2.45) is 0 Å². The summed E-state index contributed by atoms with van der Waals surface area (Å²) in [7, 11) is 0. The van der Waals surface area contributed by atoms with Gasteiger partial charge in [-0.05, 0) is 30.5 Å². The number of likely N-dealkylation sites (tertiary alicyclic amines) is 1. The summed E-state index contributed by atoms with van der Waals surface area (Å²) in [6.07, 6.45) is 1.91. The molecule has 0 bridgehead atoms. The zero-order chi connectivity index (χ0) is 16.9. The molecule has 2 aromatic carbocycles. The molecule has 0 radical (unpaired) electrons. The van der Waals surface area contributed by atoms with Gasteiger partial charge in [0.15, 0.2) is 0 Å². The van der Waals surface area contributed by atoms with Crippen molar-refractivity contribution in [1.82, 2.24) is 4.90 Å². The molecule has 126 valence electrons. The molecule has 0 aromatic heterocycles. The van der Waals surface area contributed by atoms with Crippen LogP contribution in [0.4, 0.5) is 11.4 Å². The zero-order valence-corrected chi connectivity index (χ0v) is 14.1. The lowest BCUT2D eigenvalue weighted by atomic mass is 10.0. The summed E-state index contributed by atoms with van der Waals surface area (Å²) in [5.74, 6) is 0. The molecule has 1 heterocycles. The summed E-state index contributed by atoms with van der Waals surface area (Å²) in [5, 5.41) is 15.0. The third-order valence-corrected chi connectivity index (χ3v) is 4.59. The van der Waals surface area contributed by atoms with Crippen LogP contribution in [-0.2, 0) is 6.54 Å². The van der Waals surface area contributed by atoms with Crippen molar-refractivity contribution in [3.63, 3.8) is 0 Å². The number of halogens is 1. The largest absolute Gasteiger partial charge is 0.377 e. The predicted octanol–water partition coefficient (Wildman–Crippen LogP) is 4.32. The van der Waals surface area contributed by atoms with Crippen molar-refractivity contribution < 1.29 is 4.92 Å². The maximum atomic E-state index is 11.1. The fourth-order valence-corrected chi connectivity index (χ4v) is 3.25. The number of hydrogen-bond donors (Lipinski definition) is 1. The highest BCUT2D eigenvalue weighted by atomic mass is 35.5. The van der Waals surface area contributed by atoms with Gasteiger partial charge in [-0.25, -0.2) is 0 Å². The number of nitro groups is 1. The van der Waals surface area contributed by atoms with E-state index < -0.39 is 0 Å². The van der Waals surface area contributed by atoms with Crippen molar-refractivity contribution in [3.8, 4) is 0 Å². The molecule has 2 aromatic rings. The van der Waals surface area contributed by atoms with Crippen molar-refractivity contribution in [1.29, 1.82) is 0 Å². The Bertz CT molecular complexity index is 701. The SMILES string of the molecule is O=[N+]([O-])c1ccc(Cl)cc1NC1CCN(Cc2ccccc2)CC1. The lowest BCUT2D eigenvalue weighted by Crippen LogP contribution is -2.38. The van der Waals surface area contributed by atoms with Crippen LogP contribution in [0.15, 0.2) is 48.5 Å². The Morgan fingerprint density at radius 3 is 2.54 bits per heavy atom. The molecule has 24 heavy (non-hydrogen) atoms. The van der Waals surface area contributed by atoms with Gasteiger partial charge in [-0.3, -0.25) is 15.0 Å². The van der Waals surface area contributed by atoms with E-state index in [9.17, 15) is 10.1 Å². The van der Waals surface area contributed by atoms with Crippen LogP contribution in [-0.4, -0.2) is 29.0 Å². The first-order valence-electron chi connectivity index (χ1n) is 8.08. The van der Waals surface area contributed by atoms with Crippen LogP contribution in [0.1, 0.15) is 18.4 Å². The molecule has 1 N–H and O–H groups in total. The lowest BCUT2D eigenvalue weighted by molar-refractivity contribution is -0.384. The van der Waals surface area contributed by atoms with Crippen molar-refractivity contribution in [3.05, 3.63) is 69.2 Å². The van der Waals surface area contributed by atoms with Crippen LogP contribution >= 0.6 is 11.6 Å². The van der Waals surface area contributed by atoms with E-state index in [4.69, 9.17) is 11.6 Å². The number of rotatable bonds is 5. The third-order valence-electron chi connectivity index (χ3n) is 4.35. The molecule has 0 amide bonds. The van der Waals surface area contributed by atoms with Crippen LogP contribution in [0, 0.1) is 10.1 Å². The summed E-state index contributed by atoms with van der Waals surface area (Å²) in [6, 6.07) is 15.3. The average Bonchev–Trinajstić information content (AvgIpc) is 2.57. The Balaban J connectivity index is 1.58. The number of piperidine rings is 1. The summed E-state index contributed by atoms with van der Waals surface area (Å²) >= 11 is 5.98. The van der Waals surface area contributed by atoms with Crippen molar-refractivity contribution in [2.45, 2.75) is 25.4 Å². The number of anilines is 1. The monoisotopic (exact) mass is 345 g/mol. The van der Waals surface area contributed by atoms with Crippen LogP contribution in [0.25, 0.3) is 0 Å². The van der Waals surface area contributed by atoms with E-state index in [0.29, 0.717) is 10.7 Å². The quantitative estimate of drug-likeness (QED) is 0.647. The van der Waals surface area contributed by atoms with E-state index in [0.717, 1.165) is 32.5 Å². The van der Waals surface area contributed by atoms with Gasteiger partial charge in [0.05, 0.1) is 4.92 Å². The molecule has 1 aliphatic rings. The van der Waals surface area contributed by atoms with Gasteiger partial charge >= 0.3 is 0 Å². The van der Waals surface area contributed by atoms with E-state index >= 15 is 0 Å². The molecule has 3 rings (SSSR count). The van der Waals surface area contributed by atoms with Crippen LogP contribution in [0.3, 0.4) is 0 Å². The Kier molecular flexibility index (Phi) is 5.33. The summed E-state index contributed by atoms with van der Waals surface area (Å²) in [5.41, 5.74) is 1.90. The van der Waals surface area contributed by atoms with Gasteiger partial charge in [0.25, 0.3) is 5.69 Å². The third kappa shape index (κ3) is 4.24. The number of hydrogen-bond acceptors (Lipinski definition) is 4. The minimum absolute atomic E-state index is 0.0751. The second kappa shape index (κ2) is 7.64. The minimum Gasteiger partial charge on any atom is -0.377 e. The predicted molar refractivity (Wildman–Crippen MR) is 96.5 cm³/mol. The van der Waals surface area contributed by atoms with Gasteiger partial charge in [-0.1, -0.05) is 41.9 Å². The molecule has 0 spiro atoms. The smallest absolute Gasteiger partial charge is 0.292 e. The second-order valence-corrected chi connectivity index (χ2v) is 6.54. The number of benzene rings is 2. The standard InChI is InChI=1S/C18H20ClN3O2/c19-15-6-7-18(22(23)24)17(12-15)20-16-8-10-21(11-9-16)13-14-4-2-1-3-5-14/h1-7,12,16,20H,8-11,13H2. The van der Waals surface area contributed by atoms with Gasteiger partial charge in [0.2, 0.25) is 0 Å². The summed E-state index contributed by atoms with van der Waals surface area (Å²) in [4.78, 5) is 13.2. The van der Waals surface area contributed by atoms with Crippen molar-refractivity contribution >= 4 is 23.0 Å². The van der Waals surface area contributed by atoms with Gasteiger partial charge in [-0.2, -0.15) is 0 Å². The Hall–Kier alpha value is -2.11. The maximum absolute atomic E-state index is 11.1. The lowest BCUT2D eigenvalue weighted by Gasteiger charge is -2.32. The van der Waals surface area contributed by atoms with E-state index in [2.05, 4.69) is 34.5 Å². The van der Waals surface area contributed by atoms with Crippen molar-refractivity contribution in [2.75, 3.05) is 18.4 Å². The first-order chi connectivity index (χ1) is 11.6. The molecule has 0 aliphatic carbocycles. The average molecular weight is 346 g/mol. The molecule has 6 heteroatoms. The summed E-state index contributed by atoms with van der Waals surface area (Å²) < 4.78 is 0. The molecule has 1 fully saturated rings. The van der Waals surface area contributed by atoms with E-state index in [1.54, 1.807) is 12.1 Å². The molecular formula is C18H20ClN3O2. The van der Waals surface area contributed by atoms with Crippen LogP contribution in [0.2, 0.25) is 5.02 Å². The first-order valence-corrected chi connectivity index (χ1v) is 8.46. The normalized spacial score (nSPS) is 16.0. The van der Waals surface area contributed by atoms with Gasteiger partial charge in [0.1, 0.15) is 5.69 Å². The molecule has 0 atom stereocenters. The Labute approximate surface area is 146 Å². The fraction of sp³-hybridized carbons (Fsp3) is 0.333. The minimum atomic E-state index is -0.372. The Morgan fingerprint density at radius 1 is 1.17 bits per heavy atom. The van der Waals surface area contributed by atoms with Gasteiger partial charge < -0.3 is 5.32 Å². The van der Waals surface area contributed by atoms with Crippen LogP contribution in [0.5, 0.6) is 0 Å². The molecule has 1 saturated heterocycles. The molecule has 0 saturated carbocycles. The van der Waals surface area contributed by atoms with Gasteiger partial charge in [0, 0.05) is 36.8 Å². The topological polar surface area (TPSA) is 58.4 Å². The highest BCUT2D eigenvalue weighted by Crippen LogP contribution is 2.29. The number of nitro benzene ring substituents is 1. The van der Waals surface area contributed by atoms with E-state index in [1.807, 2.05) is 6.07 Å².